The van der Waals surface area contributed by atoms with Crippen LogP contribution in [0.25, 0.3) is 21.7 Å². The van der Waals surface area contributed by atoms with E-state index in [0.717, 1.165) is 21.9 Å². The standard InChI is InChI=1S/C14H9NO.CH3.W/c1-9-6-7-11-10-4-2-3-5-12(10)14(16)15-13(11)8-9;;/h2-3,5-6,8H,1H3,(H,15,16);1H3;/q-2;-1;. The van der Waals surface area contributed by atoms with Crippen molar-refractivity contribution in [1.29, 1.82) is 0 Å². The van der Waals surface area contributed by atoms with Crippen molar-refractivity contribution >= 4 is 21.7 Å². The molecule has 3 aromatic rings. The maximum atomic E-state index is 11.8. The Bertz CT molecular complexity index is 746. The molecule has 0 fully saturated rings. The Morgan fingerprint density at radius 2 is 2.00 bits per heavy atom. The molecule has 1 aromatic heterocycles. The van der Waals surface area contributed by atoms with Crippen LogP contribution in [0.15, 0.2) is 35.1 Å². The smallest absolute Gasteiger partial charge is 0.195 e. The van der Waals surface area contributed by atoms with E-state index in [2.05, 4.69) is 17.1 Å². The molecule has 0 atom stereocenters. The van der Waals surface area contributed by atoms with Gasteiger partial charge in [-0.15, -0.1) is 23.8 Å². The van der Waals surface area contributed by atoms with Crippen LogP contribution in [0.4, 0.5) is 0 Å². The SMILES string of the molecule is Cc1c[c-]c2c(c1)[nH]c(=O)c1ccc[c-]c12.[CH3-].[W]. The van der Waals surface area contributed by atoms with Gasteiger partial charge in [0.25, 0.3) is 0 Å². The fourth-order valence-electron chi connectivity index (χ4n) is 1.93. The summed E-state index contributed by atoms with van der Waals surface area (Å²) in [6.45, 7) is 1.98. The van der Waals surface area contributed by atoms with Gasteiger partial charge in [0, 0.05) is 21.1 Å². The normalized spacial score (nSPS) is 9.83. The van der Waals surface area contributed by atoms with Gasteiger partial charge in [-0.25, -0.2) is 10.8 Å². The summed E-state index contributed by atoms with van der Waals surface area (Å²) < 4.78 is 0. The summed E-state index contributed by atoms with van der Waals surface area (Å²) in [5.41, 5.74) is 1.83. The van der Waals surface area contributed by atoms with Crippen LogP contribution < -0.4 is 5.56 Å². The molecule has 1 heterocycles. The third kappa shape index (κ3) is 2.26. The minimum Gasteiger partial charge on any atom is -0.379 e. The van der Waals surface area contributed by atoms with Crippen molar-refractivity contribution in [2.45, 2.75) is 6.92 Å². The molecule has 0 aliphatic rings. The fraction of sp³-hybridized carbons (Fsp3) is 0.0667. The van der Waals surface area contributed by atoms with Crippen molar-refractivity contribution in [3.63, 3.8) is 0 Å². The van der Waals surface area contributed by atoms with E-state index < -0.39 is 0 Å². The van der Waals surface area contributed by atoms with Crippen LogP contribution in [0.1, 0.15) is 5.56 Å². The van der Waals surface area contributed by atoms with E-state index in [1.165, 1.54) is 0 Å². The molecule has 0 unspecified atom stereocenters. The molecule has 0 bridgehead atoms. The maximum Gasteiger partial charge on any atom is 0.195 e. The minimum absolute atomic E-state index is 0. The predicted octanol–water partition coefficient (Wildman–Crippen LogP) is 3.04. The zero-order valence-electron chi connectivity index (χ0n) is 10.2. The summed E-state index contributed by atoms with van der Waals surface area (Å²) in [6.07, 6.45) is 0. The number of benzene rings is 2. The maximum absolute atomic E-state index is 11.8. The van der Waals surface area contributed by atoms with Gasteiger partial charge in [-0.2, -0.15) is 24.3 Å². The van der Waals surface area contributed by atoms with Gasteiger partial charge >= 0.3 is 0 Å². The molecule has 3 heteroatoms. The monoisotopic (exact) mass is 406 g/mol. The Balaban J connectivity index is 0.000000810. The van der Waals surface area contributed by atoms with Crippen LogP contribution in [-0.2, 0) is 21.1 Å². The second-order valence-corrected chi connectivity index (χ2v) is 3.88. The first-order valence-corrected chi connectivity index (χ1v) is 5.10. The fourth-order valence-corrected chi connectivity index (χ4v) is 1.93. The number of aryl methyl sites for hydroxylation is 1. The first-order chi connectivity index (χ1) is 7.75. The number of hydrogen-bond donors (Lipinski definition) is 1. The van der Waals surface area contributed by atoms with Gasteiger partial charge in [-0.3, -0.25) is 4.79 Å². The first-order valence-electron chi connectivity index (χ1n) is 5.10. The number of hydrogen-bond acceptors (Lipinski definition) is 1. The largest absolute Gasteiger partial charge is 0.379 e. The van der Waals surface area contributed by atoms with Crippen LogP contribution in [0.2, 0.25) is 0 Å². The Kier molecular flexibility index (Phi) is 4.47. The molecule has 0 saturated carbocycles. The number of aromatic nitrogens is 1. The second kappa shape index (κ2) is 5.49. The third-order valence-electron chi connectivity index (χ3n) is 2.68. The molecule has 92 valence electrons. The molecule has 0 radical (unpaired) electrons. The van der Waals surface area contributed by atoms with E-state index >= 15 is 0 Å². The number of H-pyrrole nitrogens is 1. The van der Waals surface area contributed by atoms with Crippen molar-refractivity contribution in [2.24, 2.45) is 0 Å². The van der Waals surface area contributed by atoms with E-state index in [1.54, 1.807) is 6.07 Å². The zero-order valence-corrected chi connectivity index (χ0v) is 13.1. The Morgan fingerprint density at radius 1 is 1.22 bits per heavy atom. The summed E-state index contributed by atoms with van der Waals surface area (Å²) in [7, 11) is 0. The topological polar surface area (TPSA) is 32.9 Å². The average molecular weight is 406 g/mol. The van der Waals surface area contributed by atoms with Crippen LogP contribution in [0.3, 0.4) is 0 Å². The number of rotatable bonds is 0. The second-order valence-electron chi connectivity index (χ2n) is 3.88. The van der Waals surface area contributed by atoms with Gasteiger partial charge in [0.2, 0.25) is 0 Å². The molecule has 2 aromatic carbocycles. The summed E-state index contributed by atoms with van der Waals surface area (Å²) in [4.78, 5) is 14.7. The van der Waals surface area contributed by atoms with Crippen molar-refractivity contribution in [1.82, 2.24) is 4.98 Å². The summed E-state index contributed by atoms with van der Waals surface area (Å²) in [5, 5.41) is 2.41. The molecule has 18 heavy (non-hydrogen) atoms. The average Bonchev–Trinajstić information content (AvgIpc) is 2.29. The molecule has 0 amide bonds. The molecule has 0 aliphatic heterocycles. The Morgan fingerprint density at radius 3 is 2.78 bits per heavy atom. The third-order valence-corrected chi connectivity index (χ3v) is 2.68. The van der Waals surface area contributed by atoms with Crippen molar-refractivity contribution < 1.29 is 21.1 Å². The van der Waals surface area contributed by atoms with Gasteiger partial charge in [0.15, 0.2) is 5.56 Å². The van der Waals surface area contributed by atoms with Crippen molar-refractivity contribution in [3.05, 3.63) is 65.8 Å². The Hall–Kier alpha value is -1.40. The van der Waals surface area contributed by atoms with Crippen LogP contribution >= 0.6 is 0 Å². The molecular formula is C15H12NOW-3. The van der Waals surface area contributed by atoms with Crippen LogP contribution in [0.5, 0.6) is 0 Å². The van der Waals surface area contributed by atoms with Gasteiger partial charge in [-0.1, -0.05) is 17.8 Å². The molecule has 0 saturated heterocycles. The zero-order chi connectivity index (χ0) is 11.1. The van der Waals surface area contributed by atoms with E-state index in [0.29, 0.717) is 5.39 Å². The van der Waals surface area contributed by atoms with E-state index in [1.807, 2.05) is 31.2 Å². The molecule has 0 spiro atoms. The van der Waals surface area contributed by atoms with Crippen molar-refractivity contribution in [3.8, 4) is 0 Å². The summed E-state index contributed by atoms with van der Waals surface area (Å²) >= 11 is 0. The number of nitrogens with one attached hydrogen (secondary N) is 1. The summed E-state index contributed by atoms with van der Waals surface area (Å²) in [6, 6.07) is 15.6. The molecule has 3 rings (SSSR count). The van der Waals surface area contributed by atoms with E-state index in [9.17, 15) is 4.79 Å². The van der Waals surface area contributed by atoms with Crippen LogP contribution in [-0.4, -0.2) is 4.98 Å². The Labute approximate surface area is 120 Å². The first kappa shape index (κ1) is 14.7. The molecule has 1 N–H and O–H groups in total. The van der Waals surface area contributed by atoms with Crippen LogP contribution in [0, 0.1) is 26.5 Å². The molecule has 0 aliphatic carbocycles. The summed E-state index contributed by atoms with van der Waals surface area (Å²) in [5.74, 6) is 0. The number of pyridine rings is 1. The van der Waals surface area contributed by atoms with Crippen molar-refractivity contribution in [2.75, 3.05) is 0 Å². The van der Waals surface area contributed by atoms with Gasteiger partial charge < -0.3 is 12.4 Å². The van der Waals surface area contributed by atoms with E-state index in [4.69, 9.17) is 0 Å². The van der Waals surface area contributed by atoms with Gasteiger partial charge in [0.1, 0.15) is 0 Å². The quantitative estimate of drug-likeness (QED) is 0.452. The number of aromatic amines is 1. The number of fused-ring (bicyclic) bond motifs is 3. The molecule has 2 nitrogen and oxygen atoms in total. The molecular weight excluding hydrogens is 394 g/mol. The minimum atomic E-state index is -0.0710. The predicted molar refractivity (Wildman–Crippen MR) is 70.9 cm³/mol. The van der Waals surface area contributed by atoms with E-state index in [-0.39, 0.29) is 34.1 Å². The van der Waals surface area contributed by atoms with Gasteiger partial charge in [0.05, 0.1) is 0 Å². The van der Waals surface area contributed by atoms with Gasteiger partial charge in [-0.05, 0) is 0 Å².